The molecule has 8 nitrogen and oxygen atoms in total. The van der Waals surface area contributed by atoms with Crippen molar-refractivity contribution in [2.24, 2.45) is 4.99 Å². The van der Waals surface area contributed by atoms with E-state index in [-0.39, 0.29) is 24.3 Å². The molecular formula is C32H27N3O5S. The Hall–Kier alpha value is -4.94. The van der Waals surface area contributed by atoms with Gasteiger partial charge in [0.2, 0.25) is 0 Å². The van der Waals surface area contributed by atoms with E-state index in [0.29, 0.717) is 44.3 Å². The van der Waals surface area contributed by atoms with Gasteiger partial charge in [-0.25, -0.2) is 9.79 Å². The van der Waals surface area contributed by atoms with Crippen LogP contribution >= 0.6 is 11.3 Å². The van der Waals surface area contributed by atoms with E-state index in [4.69, 9.17) is 24.5 Å². The largest absolute Gasteiger partial charge is 0.494 e. The van der Waals surface area contributed by atoms with Crippen LogP contribution in [0.5, 0.6) is 11.5 Å². The molecule has 0 saturated carbocycles. The molecule has 0 bridgehead atoms. The summed E-state index contributed by atoms with van der Waals surface area (Å²) in [5, 5.41) is 8.97. The van der Waals surface area contributed by atoms with Crippen LogP contribution in [0.3, 0.4) is 0 Å². The number of hydrogen-bond donors (Lipinski definition) is 0. The van der Waals surface area contributed by atoms with Crippen molar-refractivity contribution in [3.8, 4) is 17.6 Å². The van der Waals surface area contributed by atoms with Crippen LogP contribution in [0.1, 0.15) is 36.6 Å². The van der Waals surface area contributed by atoms with Crippen LogP contribution in [-0.4, -0.2) is 30.4 Å². The monoisotopic (exact) mass is 565 g/mol. The fraction of sp³-hybridized carbons (Fsp3) is 0.188. The first-order chi connectivity index (χ1) is 20.0. The summed E-state index contributed by atoms with van der Waals surface area (Å²) in [6, 6.07) is 25.1. The van der Waals surface area contributed by atoms with Crippen molar-refractivity contribution >= 4 is 29.1 Å². The number of carbonyl (C=O) groups excluding carboxylic acids is 1. The molecule has 0 radical (unpaired) electrons. The highest BCUT2D eigenvalue weighted by Crippen LogP contribution is 2.35. The van der Waals surface area contributed by atoms with Gasteiger partial charge in [0.25, 0.3) is 5.56 Å². The molecule has 0 aliphatic carbocycles. The Morgan fingerprint density at radius 3 is 2.44 bits per heavy atom. The van der Waals surface area contributed by atoms with Gasteiger partial charge >= 0.3 is 5.97 Å². The minimum atomic E-state index is -0.789. The topological polar surface area (TPSA) is 103 Å². The lowest BCUT2D eigenvalue weighted by Gasteiger charge is -2.26. The van der Waals surface area contributed by atoms with Gasteiger partial charge in [-0.05, 0) is 43.7 Å². The van der Waals surface area contributed by atoms with Crippen molar-refractivity contribution in [2.75, 3.05) is 19.8 Å². The lowest BCUT2D eigenvalue weighted by molar-refractivity contribution is -0.138. The molecule has 0 fully saturated rings. The molecule has 4 aromatic rings. The molecule has 9 heteroatoms. The van der Waals surface area contributed by atoms with Crippen LogP contribution in [0, 0.1) is 11.3 Å². The highest BCUT2D eigenvalue weighted by Gasteiger charge is 2.35. The molecule has 5 rings (SSSR count). The summed E-state index contributed by atoms with van der Waals surface area (Å²) in [6.45, 7) is 4.22. The summed E-state index contributed by atoms with van der Waals surface area (Å²) in [6.07, 6.45) is 1.72. The Balaban J connectivity index is 1.78. The Morgan fingerprint density at radius 1 is 1.00 bits per heavy atom. The van der Waals surface area contributed by atoms with Crippen LogP contribution < -0.4 is 24.4 Å². The summed E-state index contributed by atoms with van der Waals surface area (Å²) >= 11 is 1.22. The van der Waals surface area contributed by atoms with Crippen molar-refractivity contribution in [2.45, 2.75) is 19.9 Å². The molecule has 206 valence electrons. The molecule has 1 aromatic heterocycles. The van der Waals surface area contributed by atoms with Gasteiger partial charge in [-0.2, -0.15) is 5.26 Å². The number of aromatic nitrogens is 1. The standard InChI is InChI=1S/C32H27N3O5S/c1-3-38-24-16-14-22(15-17-24)29-27(31(37)39-4-2)28(21-10-6-5-7-11-21)34-32-35(29)30(36)26(41-32)20-23-12-8-9-13-25(23)40-19-18-33/h5-17,20,29H,3-4,19H2,1-2H3/b26-20-/t29-/m1/s1. The van der Waals surface area contributed by atoms with Crippen molar-refractivity contribution in [1.82, 2.24) is 4.57 Å². The zero-order valence-electron chi connectivity index (χ0n) is 22.6. The van der Waals surface area contributed by atoms with Gasteiger partial charge in [-0.15, -0.1) is 0 Å². The SMILES string of the molecule is CCOC(=O)C1=C(c2ccccc2)N=c2s/c(=C\c3ccccc3OCC#N)c(=O)n2[C@@H]1c1ccc(OCC)cc1. The fourth-order valence-electron chi connectivity index (χ4n) is 4.65. The van der Waals surface area contributed by atoms with Crippen molar-refractivity contribution < 1.29 is 19.0 Å². The predicted octanol–water partition coefficient (Wildman–Crippen LogP) is 4.24. The minimum Gasteiger partial charge on any atom is -0.494 e. The highest BCUT2D eigenvalue weighted by molar-refractivity contribution is 7.07. The van der Waals surface area contributed by atoms with Crippen LogP contribution in [0.15, 0.2) is 94.2 Å². The van der Waals surface area contributed by atoms with Gasteiger partial charge < -0.3 is 14.2 Å². The van der Waals surface area contributed by atoms with E-state index >= 15 is 0 Å². The number of hydrogen-bond acceptors (Lipinski definition) is 8. The quantitative estimate of drug-likeness (QED) is 0.282. The maximum absolute atomic E-state index is 14.1. The van der Waals surface area contributed by atoms with Gasteiger partial charge in [0, 0.05) is 11.1 Å². The lowest BCUT2D eigenvalue weighted by Crippen LogP contribution is -2.40. The molecule has 41 heavy (non-hydrogen) atoms. The highest BCUT2D eigenvalue weighted by atomic mass is 32.1. The number of rotatable bonds is 9. The number of benzene rings is 3. The van der Waals surface area contributed by atoms with E-state index in [1.165, 1.54) is 11.3 Å². The average Bonchev–Trinajstić information content (AvgIpc) is 3.31. The molecule has 0 unspecified atom stereocenters. The zero-order valence-corrected chi connectivity index (χ0v) is 23.4. The number of thiazole rings is 1. The summed E-state index contributed by atoms with van der Waals surface area (Å²) in [5.41, 5.74) is 2.52. The second-order valence-electron chi connectivity index (χ2n) is 8.92. The zero-order chi connectivity index (χ0) is 28.8. The summed E-state index contributed by atoms with van der Waals surface area (Å²) in [4.78, 5) is 32.9. The minimum absolute atomic E-state index is 0.118. The van der Waals surface area contributed by atoms with Gasteiger partial charge in [0.15, 0.2) is 11.4 Å². The third kappa shape index (κ3) is 5.69. The Morgan fingerprint density at radius 2 is 1.73 bits per heavy atom. The van der Waals surface area contributed by atoms with Crippen molar-refractivity contribution in [3.05, 3.63) is 121 Å². The number of para-hydroxylation sites is 1. The first kappa shape index (κ1) is 27.6. The maximum Gasteiger partial charge on any atom is 0.338 e. The van der Waals surface area contributed by atoms with E-state index in [1.807, 2.05) is 79.7 Å². The summed E-state index contributed by atoms with van der Waals surface area (Å²) < 4.78 is 18.7. The van der Waals surface area contributed by atoms with E-state index in [9.17, 15) is 9.59 Å². The number of ether oxygens (including phenoxy) is 3. The molecule has 0 spiro atoms. The molecule has 1 aliphatic heterocycles. The van der Waals surface area contributed by atoms with Crippen molar-refractivity contribution in [1.29, 1.82) is 5.26 Å². The lowest BCUT2D eigenvalue weighted by atomic mass is 9.93. The molecule has 1 atom stereocenters. The smallest absolute Gasteiger partial charge is 0.338 e. The van der Waals surface area contributed by atoms with Gasteiger partial charge in [-0.3, -0.25) is 9.36 Å². The normalized spacial score (nSPS) is 14.6. The first-order valence-electron chi connectivity index (χ1n) is 13.2. The fourth-order valence-corrected chi connectivity index (χ4v) is 5.64. The van der Waals surface area contributed by atoms with E-state index in [1.54, 1.807) is 29.7 Å². The van der Waals surface area contributed by atoms with Gasteiger partial charge in [-0.1, -0.05) is 72.0 Å². The number of nitriles is 1. The van der Waals surface area contributed by atoms with Gasteiger partial charge in [0.05, 0.1) is 35.1 Å². The van der Waals surface area contributed by atoms with Crippen LogP contribution in [0.25, 0.3) is 11.8 Å². The second-order valence-corrected chi connectivity index (χ2v) is 9.93. The second kappa shape index (κ2) is 12.5. The Bertz CT molecular complexity index is 1820. The number of esters is 1. The number of carbonyl (C=O) groups is 1. The van der Waals surface area contributed by atoms with Crippen LogP contribution in [0.4, 0.5) is 0 Å². The van der Waals surface area contributed by atoms with Crippen molar-refractivity contribution in [3.63, 3.8) is 0 Å². The molecule has 0 saturated heterocycles. The third-order valence-corrected chi connectivity index (χ3v) is 7.36. The number of nitrogens with zero attached hydrogens (tertiary/aromatic N) is 3. The molecule has 0 amide bonds. The van der Waals surface area contributed by atoms with E-state index in [2.05, 4.69) is 0 Å². The third-order valence-electron chi connectivity index (χ3n) is 6.38. The first-order valence-corrected chi connectivity index (χ1v) is 14.0. The summed E-state index contributed by atoms with van der Waals surface area (Å²) in [5.74, 6) is 0.626. The Kier molecular flexibility index (Phi) is 8.42. The Labute approximate surface area is 240 Å². The number of fused-ring (bicyclic) bond motifs is 1. The van der Waals surface area contributed by atoms with Crippen LogP contribution in [-0.2, 0) is 9.53 Å². The molecule has 2 heterocycles. The van der Waals surface area contributed by atoms with Gasteiger partial charge in [0.1, 0.15) is 17.6 Å². The predicted molar refractivity (Wildman–Crippen MR) is 156 cm³/mol. The molecule has 3 aromatic carbocycles. The molecule has 1 aliphatic rings. The average molecular weight is 566 g/mol. The van der Waals surface area contributed by atoms with Crippen LogP contribution in [0.2, 0.25) is 0 Å². The van der Waals surface area contributed by atoms with E-state index < -0.39 is 12.0 Å². The molecule has 0 N–H and O–H groups in total. The van der Waals surface area contributed by atoms with E-state index in [0.717, 1.165) is 5.56 Å². The molecular weight excluding hydrogens is 538 g/mol. The maximum atomic E-state index is 14.1. The summed E-state index contributed by atoms with van der Waals surface area (Å²) in [7, 11) is 0.